The van der Waals surface area contributed by atoms with Crippen molar-refractivity contribution in [2.24, 2.45) is 0 Å². The average Bonchev–Trinajstić information content (AvgIpc) is 3.43. The number of hydrogen-bond acceptors (Lipinski definition) is 7. The van der Waals surface area contributed by atoms with Crippen LogP contribution < -0.4 is 15.0 Å². The summed E-state index contributed by atoms with van der Waals surface area (Å²) in [6, 6.07) is 16.7. The number of ether oxygens (including phenoxy) is 2. The summed E-state index contributed by atoms with van der Waals surface area (Å²) in [4.78, 5) is 16.6. The van der Waals surface area contributed by atoms with Crippen molar-refractivity contribution in [3.8, 4) is 34.1 Å². The van der Waals surface area contributed by atoms with Crippen LogP contribution in [0.1, 0.15) is 11.5 Å². The first-order valence-electron chi connectivity index (χ1n) is 9.53. The molecular formula is C22H18N4O4. The van der Waals surface area contributed by atoms with Crippen molar-refractivity contribution < 1.29 is 14.0 Å². The predicted molar refractivity (Wildman–Crippen MR) is 108 cm³/mol. The molecule has 150 valence electrons. The molecule has 8 nitrogen and oxygen atoms in total. The number of aryl methyl sites for hydroxylation is 3. The van der Waals surface area contributed by atoms with Crippen molar-refractivity contribution in [1.29, 1.82) is 0 Å². The molecule has 0 radical (unpaired) electrons. The minimum Gasteiger partial charge on any atom is -0.454 e. The second-order valence-electron chi connectivity index (χ2n) is 6.98. The fourth-order valence-corrected chi connectivity index (χ4v) is 3.20. The smallest absolute Gasteiger partial charge is 0.266 e. The second-order valence-corrected chi connectivity index (χ2v) is 6.98. The first kappa shape index (κ1) is 18.1. The molecule has 4 aromatic rings. The van der Waals surface area contributed by atoms with Crippen LogP contribution in [0.2, 0.25) is 0 Å². The van der Waals surface area contributed by atoms with Crippen molar-refractivity contribution in [3.63, 3.8) is 0 Å². The predicted octanol–water partition coefficient (Wildman–Crippen LogP) is 3.24. The Morgan fingerprint density at radius 1 is 0.967 bits per heavy atom. The standard InChI is InChI=1S/C22H18N4O4/c1-14-2-4-15(5-3-14)17-7-9-21(27)26(24-17)11-10-20-23-22(25-30-20)16-6-8-18-19(12-16)29-13-28-18/h2-9,12H,10-11,13H2,1H3. The van der Waals surface area contributed by atoms with Crippen molar-refractivity contribution in [1.82, 2.24) is 19.9 Å². The Balaban J connectivity index is 1.32. The highest BCUT2D eigenvalue weighted by atomic mass is 16.7. The molecule has 3 heterocycles. The first-order valence-corrected chi connectivity index (χ1v) is 9.53. The Kier molecular flexibility index (Phi) is 4.51. The lowest BCUT2D eigenvalue weighted by atomic mass is 10.1. The van der Waals surface area contributed by atoms with E-state index in [2.05, 4.69) is 15.2 Å². The van der Waals surface area contributed by atoms with E-state index in [0.29, 0.717) is 36.2 Å². The molecule has 0 bridgehead atoms. The van der Waals surface area contributed by atoms with Gasteiger partial charge < -0.3 is 14.0 Å². The maximum Gasteiger partial charge on any atom is 0.266 e. The summed E-state index contributed by atoms with van der Waals surface area (Å²) in [5, 5.41) is 8.51. The summed E-state index contributed by atoms with van der Waals surface area (Å²) in [5.41, 5.74) is 3.45. The maximum absolute atomic E-state index is 12.2. The topological polar surface area (TPSA) is 92.3 Å². The second kappa shape index (κ2) is 7.47. The van der Waals surface area contributed by atoms with Crippen molar-refractivity contribution in [2.45, 2.75) is 19.9 Å². The molecule has 0 saturated carbocycles. The van der Waals surface area contributed by atoms with Gasteiger partial charge >= 0.3 is 0 Å². The highest BCUT2D eigenvalue weighted by Crippen LogP contribution is 2.35. The lowest BCUT2D eigenvalue weighted by molar-refractivity contribution is 0.174. The van der Waals surface area contributed by atoms with Crippen LogP contribution in [0.5, 0.6) is 11.5 Å². The molecule has 0 N–H and O–H groups in total. The van der Waals surface area contributed by atoms with Gasteiger partial charge in [-0.1, -0.05) is 35.0 Å². The van der Waals surface area contributed by atoms with E-state index in [4.69, 9.17) is 14.0 Å². The zero-order valence-corrected chi connectivity index (χ0v) is 16.2. The number of benzene rings is 2. The molecule has 0 amide bonds. The number of hydrogen-bond donors (Lipinski definition) is 0. The highest BCUT2D eigenvalue weighted by molar-refractivity contribution is 5.61. The molecule has 0 unspecified atom stereocenters. The summed E-state index contributed by atoms with van der Waals surface area (Å²) >= 11 is 0. The fourth-order valence-electron chi connectivity index (χ4n) is 3.20. The molecule has 30 heavy (non-hydrogen) atoms. The fraction of sp³-hybridized carbons (Fsp3) is 0.182. The van der Waals surface area contributed by atoms with Crippen LogP contribution in [0.4, 0.5) is 0 Å². The van der Waals surface area contributed by atoms with Gasteiger partial charge in [0.25, 0.3) is 5.56 Å². The highest BCUT2D eigenvalue weighted by Gasteiger charge is 2.16. The Hall–Kier alpha value is -3.94. The molecule has 2 aromatic heterocycles. The van der Waals surface area contributed by atoms with Gasteiger partial charge in [-0.2, -0.15) is 10.1 Å². The lowest BCUT2D eigenvalue weighted by Gasteiger charge is -2.06. The first-order chi connectivity index (χ1) is 14.7. The SMILES string of the molecule is Cc1ccc(-c2ccc(=O)n(CCc3nc(-c4ccc5c(c4)OCO5)no3)n2)cc1. The summed E-state index contributed by atoms with van der Waals surface area (Å²) in [7, 11) is 0. The number of rotatable bonds is 5. The average molecular weight is 402 g/mol. The van der Waals surface area contributed by atoms with Gasteiger partial charge in [0, 0.05) is 23.6 Å². The molecule has 0 fully saturated rings. The normalized spacial score (nSPS) is 12.3. The van der Waals surface area contributed by atoms with Crippen molar-refractivity contribution >= 4 is 0 Å². The van der Waals surface area contributed by atoms with Crippen LogP contribution in [0.25, 0.3) is 22.6 Å². The Morgan fingerprint density at radius 2 is 1.77 bits per heavy atom. The Bertz CT molecular complexity index is 1260. The summed E-state index contributed by atoms with van der Waals surface area (Å²) in [5.74, 6) is 2.23. The van der Waals surface area contributed by atoms with E-state index >= 15 is 0 Å². The summed E-state index contributed by atoms with van der Waals surface area (Å²) in [6.07, 6.45) is 0.391. The number of fused-ring (bicyclic) bond motifs is 1. The van der Waals surface area contributed by atoms with E-state index in [1.165, 1.54) is 16.3 Å². The van der Waals surface area contributed by atoms with Crippen LogP contribution in [0, 0.1) is 6.92 Å². The van der Waals surface area contributed by atoms with Crippen LogP contribution in [-0.2, 0) is 13.0 Å². The minimum atomic E-state index is -0.179. The van der Waals surface area contributed by atoms with Gasteiger partial charge in [-0.05, 0) is 31.2 Å². The third-order valence-electron chi connectivity index (χ3n) is 4.85. The lowest BCUT2D eigenvalue weighted by Crippen LogP contribution is -2.23. The molecule has 5 rings (SSSR count). The minimum absolute atomic E-state index is 0.179. The zero-order valence-electron chi connectivity index (χ0n) is 16.2. The molecule has 0 atom stereocenters. The summed E-state index contributed by atoms with van der Waals surface area (Å²) in [6.45, 7) is 2.57. The van der Waals surface area contributed by atoms with Crippen LogP contribution in [0.3, 0.4) is 0 Å². The van der Waals surface area contributed by atoms with Gasteiger partial charge in [0.2, 0.25) is 18.5 Å². The molecular weight excluding hydrogens is 384 g/mol. The van der Waals surface area contributed by atoms with Gasteiger partial charge in [0.1, 0.15) is 0 Å². The monoisotopic (exact) mass is 402 g/mol. The van der Waals surface area contributed by atoms with Crippen molar-refractivity contribution in [2.75, 3.05) is 6.79 Å². The van der Waals surface area contributed by atoms with Crippen LogP contribution in [-0.4, -0.2) is 26.7 Å². The van der Waals surface area contributed by atoms with E-state index in [1.54, 1.807) is 6.07 Å². The molecule has 8 heteroatoms. The molecule has 1 aliphatic rings. The van der Waals surface area contributed by atoms with E-state index in [-0.39, 0.29) is 12.4 Å². The summed E-state index contributed by atoms with van der Waals surface area (Å²) < 4.78 is 17.5. The Morgan fingerprint density at radius 3 is 2.63 bits per heavy atom. The van der Waals surface area contributed by atoms with E-state index in [1.807, 2.05) is 49.4 Å². The van der Waals surface area contributed by atoms with Gasteiger partial charge in [0.05, 0.1) is 12.2 Å². The molecule has 1 aliphatic heterocycles. The quantitative estimate of drug-likeness (QED) is 0.506. The molecule has 0 saturated heterocycles. The van der Waals surface area contributed by atoms with E-state index < -0.39 is 0 Å². The van der Waals surface area contributed by atoms with Gasteiger partial charge in [-0.3, -0.25) is 4.79 Å². The van der Waals surface area contributed by atoms with E-state index in [0.717, 1.165) is 16.8 Å². The molecule has 0 aliphatic carbocycles. The van der Waals surface area contributed by atoms with Crippen molar-refractivity contribution in [3.05, 3.63) is 76.4 Å². The van der Waals surface area contributed by atoms with Crippen LogP contribution >= 0.6 is 0 Å². The number of aromatic nitrogens is 4. The third-order valence-corrected chi connectivity index (χ3v) is 4.85. The Labute approximate surface area is 171 Å². The third kappa shape index (κ3) is 3.55. The molecule has 0 spiro atoms. The van der Waals surface area contributed by atoms with E-state index in [9.17, 15) is 4.79 Å². The largest absolute Gasteiger partial charge is 0.454 e. The number of nitrogens with zero attached hydrogens (tertiary/aromatic N) is 4. The zero-order chi connectivity index (χ0) is 20.5. The maximum atomic E-state index is 12.2. The molecule has 2 aromatic carbocycles. The van der Waals surface area contributed by atoms with Gasteiger partial charge in [-0.15, -0.1) is 0 Å². The van der Waals surface area contributed by atoms with Gasteiger partial charge in [0.15, 0.2) is 11.5 Å². The van der Waals surface area contributed by atoms with Crippen LogP contribution in [0.15, 0.2) is 63.9 Å². The van der Waals surface area contributed by atoms with Gasteiger partial charge in [-0.25, -0.2) is 4.68 Å².